The highest BCUT2D eigenvalue weighted by Gasteiger charge is 2.26. The molecule has 1 aliphatic rings. The highest BCUT2D eigenvalue weighted by atomic mass is 16.4. The van der Waals surface area contributed by atoms with Gasteiger partial charge in [-0.2, -0.15) is 0 Å². The molecule has 4 heteroatoms. The third-order valence-corrected chi connectivity index (χ3v) is 3.43. The molecule has 1 atom stereocenters. The summed E-state index contributed by atoms with van der Waals surface area (Å²) < 4.78 is 0. The molecule has 0 saturated heterocycles. The van der Waals surface area contributed by atoms with Crippen molar-refractivity contribution in [3.8, 4) is 0 Å². The van der Waals surface area contributed by atoms with Gasteiger partial charge in [0.1, 0.15) is 0 Å². The minimum absolute atomic E-state index is 0.377. The minimum Gasteiger partial charge on any atom is -0.480 e. The molecule has 0 spiro atoms. The zero-order valence-corrected chi connectivity index (χ0v) is 10.4. The number of likely N-dealkylation sites (N-methyl/N-ethyl adjacent to an activating group) is 1. The van der Waals surface area contributed by atoms with Gasteiger partial charge in [-0.3, -0.25) is 9.59 Å². The van der Waals surface area contributed by atoms with Crippen LogP contribution in [0, 0.1) is 0 Å². The first-order valence-corrected chi connectivity index (χ1v) is 6.19. The first-order valence-electron chi connectivity index (χ1n) is 6.19. The van der Waals surface area contributed by atoms with E-state index in [9.17, 15) is 9.59 Å². The lowest BCUT2D eigenvalue weighted by Gasteiger charge is -2.17. The maximum atomic E-state index is 12.1. The molecule has 1 aliphatic carbocycles. The summed E-state index contributed by atoms with van der Waals surface area (Å²) in [6, 6.07) is 4.38. The molecule has 1 unspecified atom stereocenters. The van der Waals surface area contributed by atoms with Gasteiger partial charge < -0.3 is 10.4 Å². The van der Waals surface area contributed by atoms with Crippen molar-refractivity contribution in [2.24, 2.45) is 0 Å². The van der Waals surface area contributed by atoms with Crippen molar-refractivity contribution in [1.82, 2.24) is 5.32 Å². The van der Waals surface area contributed by atoms with Crippen molar-refractivity contribution < 1.29 is 14.7 Å². The van der Waals surface area contributed by atoms with Gasteiger partial charge in [0.25, 0.3) is 0 Å². The lowest BCUT2D eigenvalue weighted by atomic mass is 9.89. The molecule has 0 radical (unpaired) electrons. The average molecular weight is 247 g/mol. The number of ketones is 1. The summed E-state index contributed by atoms with van der Waals surface area (Å²) >= 11 is 0. The van der Waals surface area contributed by atoms with E-state index in [-0.39, 0.29) is 5.78 Å². The summed E-state index contributed by atoms with van der Waals surface area (Å²) in [5, 5.41) is 11.5. The first-order chi connectivity index (χ1) is 8.63. The van der Waals surface area contributed by atoms with E-state index in [2.05, 4.69) is 5.32 Å². The monoisotopic (exact) mass is 247 g/mol. The molecular formula is C14H17NO3. The quantitative estimate of drug-likeness (QED) is 0.624. The van der Waals surface area contributed by atoms with Crippen LogP contribution in [0.1, 0.15) is 34.3 Å². The number of rotatable bonds is 4. The molecule has 4 nitrogen and oxygen atoms in total. The van der Waals surface area contributed by atoms with Gasteiger partial charge in [-0.15, -0.1) is 0 Å². The van der Waals surface area contributed by atoms with Crippen LogP contribution in [0.25, 0.3) is 0 Å². The van der Waals surface area contributed by atoms with E-state index in [0.717, 1.165) is 19.3 Å². The summed E-state index contributed by atoms with van der Waals surface area (Å²) in [6.45, 7) is 0. The maximum absolute atomic E-state index is 12.1. The molecule has 1 aromatic carbocycles. The number of fused-ring (bicyclic) bond motifs is 1. The summed E-state index contributed by atoms with van der Waals surface area (Å²) in [7, 11) is 1.48. The zero-order valence-electron chi connectivity index (χ0n) is 10.4. The molecule has 2 rings (SSSR count). The number of benzene rings is 1. The number of aliphatic carboxylic acids is 1. The molecule has 1 aromatic rings. The van der Waals surface area contributed by atoms with Crippen LogP contribution in [0.5, 0.6) is 0 Å². The fraction of sp³-hybridized carbons (Fsp3) is 0.429. The van der Waals surface area contributed by atoms with E-state index in [4.69, 9.17) is 5.11 Å². The number of carboxylic acid groups (broad SMARTS) is 1. The highest BCUT2D eigenvalue weighted by Crippen LogP contribution is 2.22. The summed E-state index contributed by atoms with van der Waals surface area (Å²) in [5.74, 6) is -1.52. The van der Waals surface area contributed by atoms with Gasteiger partial charge in [-0.1, -0.05) is 12.1 Å². The number of hydrogen-bond donors (Lipinski definition) is 2. The predicted molar refractivity (Wildman–Crippen MR) is 67.9 cm³/mol. The Hall–Kier alpha value is -1.68. The number of nitrogens with one attached hydrogen (secondary N) is 1. The van der Waals surface area contributed by atoms with E-state index >= 15 is 0 Å². The molecule has 96 valence electrons. The molecule has 0 amide bonds. The van der Waals surface area contributed by atoms with Crippen molar-refractivity contribution in [3.05, 3.63) is 34.9 Å². The Morgan fingerprint density at radius 1 is 1.22 bits per heavy atom. The Morgan fingerprint density at radius 2 is 1.89 bits per heavy atom. The number of Topliss-reactive ketones (excluding diaryl/α,β-unsaturated/α-hetero) is 1. The lowest BCUT2D eigenvalue weighted by molar-refractivity contribution is -0.137. The van der Waals surface area contributed by atoms with Crippen molar-refractivity contribution in [3.63, 3.8) is 0 Å². The van der Waals surface area contributed by atoms with Crippen LogP contribution in [0.4, 0.5) is 0 Å². The summed E-state index contributed by atoms with van der Waals surface area (Å²) in [4.78, 5) is 23.0. The summed E-state index contributed by atoms with van der Waals surface area (Å²) in [6.07, 6.45) is 4.36. The lowest BCUT2D eigenvalue weighted by Crippen LogP contribution is -2.41. The normalized spacial score (nSPS) is 15.8. The molecule has 0 saturated carbocycles. The molecular weight excluding hydrogens is 230 g/mol. The Bertz CT molecular complexity index is 482. The summed E-state index contributed by atoms with van der Waals surface area (Å²) in [5.41, 5.74) is 2.96. The van der Waals surface area contributed by atoms with Crippen LogP contribution in [0.3, 0.4) is 0 Å². The topological polar surface area (TPSA) is 66.4 Å². The van der Waals surface area contributed by atoms with E-state index in [1.54, 1.807) is 6.07 Å². The number of carbonyl (C=O) groups excluding carboxylic acids is 1. The standard InChI is InChI=1S/C14H17NO3/c1-15-12(14(17)18)13(16)11-7-6-9-4-2-3-5-10(9)8-11/h6-8,12,15H,2-5H2,1H3,(H,17,18). The van der Waals surface area contributed by atoms with E-state index in [1.807, 2.05) is 12.1 Å². The van der Waals surface area contributed by atoms with E-state index in [0.29, 0.717) is 5.56 Å². The van der Waals surface area contributed by atoms with Crippen LogP contribution in [-0.4, -0.2) is 29.9 Å². The Kier molecular flexibility index (Phi) is 3.77. The Labute approximate surface area is 106 Å². The molecule has 2 N–H and O–H groups in total. The van der Waals surface area contributed by atoms with Gasteiger partial charge in [0.05, 0.1) is 0 Å². The van der Waals surface area contributed by atoms with Crippen LogP contribution in [-0.2, 0) is 17.6 Å². The molecule has 0 fully saturated rings. The van der Waals surface area contributed by atoms with Gasteiger partial charge in [0.2, 0.25) is 0 Å². The van der Waals surface area contributed by atoms with Crippen molar-refractivity contribution in [2.75, 3.05) is 7.05 Å². The second-order valence-electron chi connectivity index (χ2n) is 4.61. The maximum Gasteiger partial charge on any atom is 0.328 e. The Balaban J connectivity index is 2.28. The minimum atomic E-state index is -1.16. The fourth-order valence-corrected chi connectivity index (χ4v) is 2.42. The Morgan fingerprint density at radius 3 is 2.50 bits per heavy atom. The fourth-order valence-electron chi connectivity index (χ4n) is 2.42. The predicted octanol–water partition coefficient (Wildman–Crippen LogP) is 1.42. The largest absolute Gasteiger partial charge is 0.480 e. The molecule has 0 aliphatic heterocycles. The molecule has 0 bridgehead atoms. The average Bonchev–Trinajstić information content (AvgIpc) is 2.38. The zero-order chi connectivity index (χ0) is 13.1. The van der Waals surface area contributed by atoms with Crippen molar-refractivity contribution in [1.29, 1.82) is 0 Å². The highest BCUT2D eigenvalue weighted by molar-refractivity contribution is 6.11. The number of carboxylic acids is 1. The van der Waals surface area contributed by atoms with Gasteiger partial charge >= 0.3 is 5.97 Å². The van der Waals surface area contributed by atoms with Crippen molar-refractivity contribution in [2.45, 2.75) is 31.7 Å². The third kappa shape index (κ3) is 2.43. The smallest absolute Gasteiger partial charge is 0.328 e. The number of hydrogen-bond acceptors (Lipinski definition) is 3. The van der Waals surface area contributed by atoms with Crippen LogP contribution < -0.4 is 5.32 Å². The van der Waals surface area contributed by atoms with Gasteiger partial charge in [-0.05, 0) is 49.9 Å². The van der Waals surface area contributed by atoms with Gasteiger partial charge in [0, 0.05) is 5.56 Å². The van der Waals surface area contributed by atoms with Gasteiger partial charge in [-0.25, -0.2) is 0 Å². The van der Waals surface area contributed by atoms with E-state index in [1.165, 1.54) is 24.6 Å². The molecule has 0 heterocycles. The van der Waals surface area contributed by atoms with Crippen molar-refractivity contribution >= 4 is 11.8 Å². The number of aryl methyl sites for hydroxylation is 2. The SMILES string of the molecule is CNC(C(=O)O)C(=O)c1ccc2c(c1)CCCC2. The molecule has 18 heavy (non-hydrogen) atoms. The van der Waals surface area contributed by atoms with E-state index < -0.39 is 12.0 Å². The first kappa shape index (κ1) is 12.8. The van der Waals surface area contributed by atoms with Crippen LogP contribution in [0.2, 0.25) is 0 Å². The third-order valence-electron chi connectivity index (χ3n) is 3.43. The van der Waals surface area contributed by atoms with Crippen LogP contribution >= 0.6 is 0 Å². The van der Waals surface area contributed by atoms with Crippen LogP contribution in [0.15, 0.2) is 18.2 Å². The second kappa shape index (κ2) is 5.31. The second-order valence-corrected chi connectivity index (χ2v) is 4.61. The number of carbonyl (C=O) groups is 2. The molecule has 0 aromatic heterocycles. The van der Waals surface area contributed by atoms with Gasteiger partial charge in [0.15, 0.2) is 11.8 Å².